The molecule has 27 heavy (non-hydrogen) atoms. The summed E-state index contributed by atoms with van der Waals surface area (Å²) in [7, 11) is 0. The molecule has 136 valence electrons. The Morgan fingerprint density at radius 3 is 2.74 bits per heavy atom. The molecule has 0 radical (unpaired) electrons. The van der Waals surface area contributed by atoms with Gasteiger partial charge in [0.15, 0.2) is 0 Å². The van der Waals surface area contributed by atoms with E-state index in [2.05, 4.69) is 27.3 Å². The summed E-state index contributed by atoms with van der Waals surface area (Å²) in [5, 5.41) is 27.6. The van der Waals surface area contributed by atoms with Crippen molar-refractivity contribution in [2.24, 2.45) is 16.8 Å². The van der Waals surface area contributed by atoms with Gasteiger partial charge in [0, 0.05) is 11.6 Å². The predicted molar refractivity (Wildman–Crippen MR) is 102 cm³/mol. The van der Waals surface area contributed by atoms with Gasteiger partial charge in [-0.25, -0.2) is 0 Å². The number of rotatable bonds is 4. The maximum absolute atomic E-state index is 9.69. The minimum absolute atomic E-state index is 0.323. The van der Waals surface area contributed by atoms with Crippen molar-refractivity contribution in [3.8, 4) is 18.0 Å². The van der Waals surface area contributed by atoms with Crippen molar-refractivity contribution in [1.82, 2.24) is 10.2 Å². The summed E-state index contributed by atoms with van der Waals surface area (Å²) >= 11 is 0. The van der Waals surface area contributed by atoms with Crippen molar-refractivity contribution in [2.75, 3.05) is 6.61 Å². The molecule has 1 aromatic carbocycles. The number of aromatic amines is 1. The van der Waals surface area contributed by atoms with Crippen molar-refractivity contribution in [2.45, 2.75) is 39.0 Å². The van der Waals surface area contributed by atoms with Gasteiger partial charge < -0.3 is 4.74 Å². The molecule has 1 fully saturated rings. The Kier molecular flexibility index (Phi) is 4.41. The molecule has 2 atom stereocenters. The number of hydrogen-bond donors (Lipinski definition) is 1. The molecular formula is C21H21N5O. The van der Waals surface area contributed by atoms with Gasteiger partial charge in [-0.1, -0.05) is 12.5 Å². The first-order chi connectivity index (χ1) is 13.1. The van der Waals surface area contributed by atoms with E-state index in [4.69, 9.17) is 4.74 Å². The summed E-state index contributed by atoms with van der Waals surface area (Å²) in [4.78, 5) is 4.41. The van der Waals surface area contributed by atoms with E-state index in [9.17, 15) is 10.5 Å². The van der Waals surface area contributed by atoms with Crippen molar-refractivity contribution in [1.29, 1.82) is 10.5 Å². The SMILES string of the molecule is CC1=NC(C)=C(C#N)C(c2ccc3[nH]nc(OCC4CCC4)c3c2)C1C#N. The first-order valence-corrected chi connectivity index (χ1v) is 9.29. The Morgan fingerprint density at radius 1 is 1.26 bits per heavy atom. The molecule has 2 unspecified atom stereocenters. The number of fused-ring (bicyclic) bond motifs is 1. The van der Waals surface area contributed by atoms with Gasteiger partial charge >= 0.3 is 0 Å². The highest BCUT2D eigenvalue weighted by molar-refractivity contribution is 5.91. The molecular weight excluding hydrogens is 338 g/mol. The topological polar surface area (TPSA) is 97.8 Å². The molecule has 2 heterocycles. The Hall–Kier alpha value is -3.12. The molecule has 0 saturated heterocycles. The van der Waals surface area contributed by atoms with Crippen molar-refractivity contribution >= 4 is 16.6 Å². The number of aromatic nitrogens is 2. The maximum atomic E-state index is 9.69. The molecule has 0 spiro atoms. The number of allylic oxidation sites excluding steroid dienone is 2. The van der Waals surface area contributed by atoms with Crippen LogP contribution in [-0.4, -0.2) is 22.5 Å². The van der Waals surface area contributed by atoms with E-state index in [-0.39, 0.29) is 5.92 Å². The van der Waals surface area contributed by atoms with Gasteiger partial charge in [-0.05, 0) is 50.3 Å². The fourth-order valence-electron chi connectivity index (χ4n) is 3.87. The van der Waals surface area contributed by atoms with E-state index in [0.717, 1.165) is 22.2 Å². The number of aliphatic imine (C=N–C) groups is 1. The number of nitriles is 2. The number of benzene rings is 1. The average molecular weight is 359 g/mol. The van der Waals surface area contributed by atoms with Gasteiger partial charge in [0.05, 0.1) is 46.8 Å². The molecule has 0 bridgehead atoms. The van der Waals surface area contributed by atoms with Crippen LogP contribution < -0.4 is 4.74 Å². The third-order valence-corrected chi connectivity index (χ3v) is 5.68. The Labute approximate surface area is 158 Å². The maximum Gasteiger partial charge on any atom is 0.240 e. The molecule has 1 saturated carbocycles. The number of nitrogens with zero attached hydrogens (tertiary/aromatic N) is 4. The lowest BCUT2D eigenvalue weighted by Crippen LogP contribution is -2.24. The normalized spacial score (nSPS) is 22.7. The van der Waals surface area contributed by atoms with Crippen LogP contribution in [0.25, 0.3) is 10.9 Å². The zero-order chi connectivity index (χ0) is 19.0. The van der Waals surface area contributed by atoms with Gasteiger partial charge in [0.2, 0.25) is 5.88 Å². The number of hydrogen-bond acceptors (Lipinski definition) is 5. The summed E-state index contributed by atoms with van der Waals surface area (Å²) in [6.07, 6.45) is 3.71. The summed E-state index contributed by atoms with van der Waals surface area (Å²) in [5.74, 6) is 0.437. The quantitative estimate of drug-likeness (QED) is 0.883. The first-order valence-electron chi connectivity index (χ1n) is 9.29. The summed E-state index contributed by atoms with van der Waals surface area (Å²) in [6, 6.07) is 10.5. The Bertz CT molecular complexity index is 1030. The predicted octanol–water partition coefficient (Wildman–Crippen LogP) is 4.24. The van der Waals surface area contributed by atoms with Crippen LogP contribution in [0.3, 0.4) is 0 Å². The average Bonchev–Trinajstić information content (AvgIpc) is 3.02. The van der Waals surface area contributed by atoms with E-state index in [1.165, 1.54) is 19.3 Å². The van der Waals surface area contributed by atoms with Crippen LogP contribution >= 0.6 is 0 Å². The van der Waals surface area contributed by atoms with Crippen LogP contribution in [0.5, 0.6) is 5.88 Å². The molecule has 1 aromatic heterocycles. The zero-order valence-corrected chi connectivity index (χ0v) is 15.5. The smallest absolute Gasteiger partial charge is 0.240 e. The lowest BCUT2D eigenvalue weighted by Gasteiger charge is -2.27. The third kappa shape index (κ3) is 2.98. The fourth-order valence-corrected chi connectivity index (χ4v) is 3.87. The van der Waals surface area contributed by atoms with Crippen molar-refractivity contribution in [3.63, 3.8) is 0 Å². The first kappa shape index (κ1) is 17.3. The van der Waals surface area contributed by atoms with E-state index >= 15 is 0 Å². The van der Waals surface area contributed by atoms with E-state index in [1.54, 1.807) is 0 Å². The fraction of sp³-hybridized carbons (Fsp3) is 0.429. The third-order valence-electron chi connectivity index (χ3n) is 5.68. The summed E-state index contributed by atoms with van der Waals surface area (Å²) in [6.45, 7) is 4.36. The van der Waals surface area contributed by atoms with Crippen LogP contribution in [0.15, 0.2) is 34.5 Å². The Morgan fingerprint density at radius 2 is 2.07 bits per heavy atom. The minimum Gasteiger partial charge on any atom is -0.476 e. The summed E-state index contributed by atoms with van der Waals surface area (Å²) < 4.78 is 5.95. The lowest BCUT2D eigenvalue weighted by atomic mass is 9.77. The van der Waals surface area contributed by atoms with Crippen LogP contribution in [-0.2, 0) is 0 Å². The van der Waals surface area contributed by atoms with Crippen LogP contribution in [0.2, 0.25) is 0 Å². The molecule has 1 aliphatic heterocycles. The van der Waals surface area contributed by atoms with Crippen LogP contribution in [0.4, 0.5) is 0 Å². The standard InChI is InChI=1S/C21H21N5O/c1-12-17(9-22)20(18(10-23)13(2)24-12)15-6-7-19-16(8-15)21(26-25-19)27-11-14-4-3-5-14/h6-8,14,17,20H,3-5,11H2,1-2H3,(H,25,26). The minimum atomic E-state index is -0.452. The molecule has 4 rings (SSSR count). The zero-order valence-electron chi connectivity index (χ0n) is 15.5. The second kappa shape index (κ2) is 6.89. The highest BCUT2D eigenvalue weighted by Crippen LogP contribution is 2.40. The van der Waals surface area contributed by atoms with E-state index in [1.807, 2.05) is 32.0 Å². The number of H-pyrrole nitrogens is 1. The second-order valence-corrected chi connectivity index (χ2v) is 7.39. The van der Waals surface area contributed by atoms with Crippen LogP contribution in [0, 0.1) is 34.5 Å². The van der Waals surface area contributed by atoms with Crippen molar-refractivity contribution in [3.05, 3.63) is 35.0 Å². The second-order valence-electron chi connectivity index (χ2n) is 7.39. The number of nitrogens with one attached hydrogen (secondary N) is 1. The molecule has 2 aromatic rings. The van der Waals surface area contributed by atoms with Gasteiger partial charge in [-0.2, -0.15) is 10.5 Å². The van der Waals surface area contributed by atoms with Gasteiger partial charge in [0.1, 0.15) is 0 Å². The van der Waals surface area contributed by atoms with Gasteiger partial charge in [0.25, 0.3) is 0 Å². The highest BCUT2D eigenvalue weighted by atomic mass is 16.5. The molecule has 6 heteroatoms. The molecule has 1 aliphatic carbocycles. The molecule has 0 amide bonds. The van der Waals surface area contributed by atoms with E-state index < -0.39 is 5.92 Å². The summed E-state index contributed by atoms with van der Waals surface area (Å²) in [5.41, 5.74) is 3.77. The molecule has 2 aliphatic rings. The van der Waals surface area contributed by atoms with Gasteiger partial charge in [-0.15, -0.1) is 5.10 Å². The van der Waals surface area contributed by atoms with Crippen LogP contribution in [0.1, 0.15) is 44.6 Å². The molecule has 1 N–H and O–H groups in total. The lowest BCUT2D eigenvalue weighted by molar-refractivity contribution is 0.177. The van der Waals surface area contributed by atoms with Gasteiger partial charge in [-0.3, -0.25) is 10.1 Å². The Balaban J connectivity index is 1.73. The number of ether oxygens (including phenoxy) is 1. The monoisotopic (exact) mass is 359 g/mol. The highest BCUT2D eigenvalue weighted by Gasteiger charge is 2.34. The van der Waals surface area contributed by atoms with E-state index in [0.29, 0.717) is 29.7 Å². The molecule has 6 nitrogen and oxygen atoms in total. The largest absolute Gasteiger partial charge is 0.476 e. The van der Waals surface area contributed by atoms with Crippen molar-refractivity contribution < 1.29 is 4.74 Å².